The molecule has 1 fully saturated rings. The van der Waals surface area contributed by atoms with Gasteiger partial charge in [-0.15, -0.1) is 0 Å². The van der Waals surface area contributed by atoms with E-state index in [1.165, 1.54) is 0 Å². The lowest BCUT2D eigenvalue weighted by Crippen LogP contribution is -2.29. The quantitative estimate of drug-likeness (QED) is 0.420. The molecule has 2 heterocycles. The fraction of sp³-hybridized carbons (Fsp3) is 0.556. The molecule has 2 rings (SSSR count). The number of hydrazine groups is 1. The molecule has 3 N–H and O–H groups in total. The number of anilines is 2. The molecule has 0 saturated carbocycles. The Morgan fingerprint density at radius 2 is 2.15 bits per heavy atom. The maximum atomic E-state index is 11.6. The molecule has 20 heavy (non-hydrogen) atoms. The molecular weight excluding hydrogens is 288 g/mol. The summed E-state index contributed by atoms with van der Waals surface area (Å²) in [6, 6.07) is 0. The van der Waals surface area contributed by atoms with Gasteiger partial charge in [-0.05, 0) is 6.42 Å². The van der Waals surface area contributed by atoms with E-state index in [-0.39, 0.29) is 35.5 Å². The summed E-state index contributed by atoms with van der Waals surface area (Å²) >= 11 is 0. The summed E-state index contributed by atoms with van der Waals surface area (Å²) in [5, 5.41) is 11.0. The van der Waals surface area contributed by atoms with Gasteiger partial charge in [0.25, 0.3) is 0 Å². The first-order valence-corrected chi connectivity index (χ1v) is 7.68. The number of aromatic nitrogens is 2. The minimum absolute atomic E-state index is 0.0395. The van der Waals surface area contributed by atoms with Crippen molar-refractivity contribution in [2.45, 2.75) is 6.42 Å². The van der Waals surface area contributed by atoms with Crippen molar-refractivity contribution in [3.8, 4) is 0 Å². The third-order valence-electron chi connectivity index (χ3n) is 2.93. The zero-order valence-electron chi connectivity index (χ0n) is 10.5. The smallest absolute Gasteiger partial charge is 0.329 e. The number of hydrogen-bond acceptors (Lipinski definition) is 9. The molecule has 0 aromatic carbocycles. The third-order valence-corrected chi connectivity index (χ3v) is 4.65. The summed E-state index contributed by atoms with van der Waals surface area (Å²) in [5.41, 5.74) is 1.94. The monoisotopic (exact) mass is 302 g/mol. The Labute approximate surface area is 115 Å². The maximum Gasteiger partial charge on any atom is 0.329 e. The minimum atomic E-state index is -3.10. The van der Waals surface area contributed by atoms with Crippen molar-refractivity contribution < 1.29 is 13.3 Å². The minimum Gasteiger partial charge on any atom is -0.350 e. The second-order valence-corrected chi connectivity index (χ2v) is 6.60. The van der Waals surface area contributed by atoms with Gasteiger partial charge in [-0.1, -0.05) is 0 Å². The average Bonchev–Trinajstić information content (AvgIpc) is 2.58. The molecule has 1 aromatic heterocycles. The lowest BCUT2D eigenvalue weighted by Gasteiger charge is -2.20. The Morgan fingerprint density at radius 3 is 2.80 bits per heavy atom. The highest BCUT2D eigenvalue weighted by atomic mass is 32.2. The van der Waals surface area contributed by atoms with E-state index in [0.29, 0.717) is 13.0 Å². The van der Waals surface area contributed by atoms with E-state index in [0.717, 1.165) is 6.20 Å². The number of hydrogen-bond donors (Lipinski definition) is 2. The second kappa shape index (κ2) is 5.54. The molecule has 1 aliphatic rings. The van der Waals surface area contributed by atoms with E-state index in [4.69, 9.17) is 5.84 Å². The van der Waals surface area contributed by atoms with Crippen LogP contribution in [0.4, 0.5) is 17.5 Å². The standard InChI is InChI=1S/C9H14N6O4S/c10-13-9-11-6-7(15(16)17)8(12-9)14-2-1-4-20(18,19)5-3-14/h6H,1-5,10H2,(H,11,12,13). The topological polar surface area (TPSA) is 144 Å². The number of nitrogens with zero attached hydrogens (tertiary/aromatic N) is 4. The molecular formula is C9H14N6O4S. The summed E-state index contributed by atoms with van der Waals surface area (Å²) in [5.74, 6) is 5.33. The highest BCUT2D eigenvalue weighted by Gasteiger charge is 2.26. The molecule has 10 nitrogen and oxygen atoms in total. The summed E-state index contributed by atoms with van der Waals surface area (Å²) in [4.78, 5) is 19.6. The molecule has 110 valence electrons. The molecule has 0 radical (unpaired) electrons. The molecule has 0 bridgehead atoms. The SMILES string of the molecule is NNc1ncc([N+](=O)[O-])c(N2CCCS(=O)(=O)CC2)n1. The van der Waals surface area contributed by atoms with Gasteiger partial charge >= 0.3 is 5.69 Å². The van der Waals surface area contributed by atoms with Gasteiger partial charge in [0.1, 0.15) is 6.20 Å². The van der Waals surface area contributed by atoms with Crippen LogP contribution < -0.4 is 16.2 Å². The molecule has 1 saturated heterocycles. The van der Waals surface area contributed by atoms with E-state index in [1.807, 2.05) is 0 Å². The number of nitrogens with one attached hydrogen (secondary N) is 1. The summed E-state index contributed by atoms with van der Waals surface area (Å²) in [6.45, 7) is 0.533. The highest BCUT2D eigenvalue weighted by molar-refractivity contribution is 7.91. The van der Waals surface area contributed by atoms with Crippen LogP contribution in [0.25, 0.3) is 0 Å². The van der Waals surface area contributed by atoms with Gasteiger partial charge in [0.15, 0.2) is 9.84 Å². The van der Waals surface area contributed by atoms with Gasteiger partial charge in [-0.25, -0.2) is 19.2 Å². The fourth-order valence-corrected chi connectivity index (χ4v) is 3.22. The van der Waals surface area contributed by atoms with Crippen LogP contribution in [0.2, 0.25) is 0 Å². The van der Waals surface area contributed by atoms with E-state index >= 15 is 0 Å². The number of nitro groups is 1. The second-order valence-electron chi connectivity index (χ2n) is 4.30. The first kappa shape index (κ1) is 14.4. The van der Waals surface area contributed by atoms with Crippen LogP contribution >= 0.6 is 0 Å². The fourth-order valence-electron chi connectivity index (χ4n) is 1.95. The predicted octanol–water partition coefficient (Wildman–Crippen LogP) is -0.705. The Kier molecular flexibility index (Phi) is 3.99. The number of sulfone groups is 1. The molecule has 11 heteroatoms. The zero-order valence-corrected chi connectivity index (χ0v) is 11.3. The number of rotatable bonds is 3. The predicted molar refractivity (Wildman–Crippen MR) is 72.0 cm³/mol. The molecule has 0 atom stereocenters. The van der Waals surface area contributed by atoms with Crippen LogP contribution in [0.5, 0.6) is 0 Å². The average molecular weight is 302 g/mol. The van der Waals surface area contributed by atoms with Gasteiger partial charge < -0.3 is 4.90 Å². The van der Waals surface area contributed by atoms with Gasteiger partial charge in [-0.3, -0.25) is 15.5 Å². The first-order chi connectivity index (χ1) is 9.43. The molecule has 1 aromatic rings. The van der Waals surface area contributed by atoms with Gasteiger partial charge in [0, 0.05) is 13.1 Å². The van der Waals surface area contributed by atoms with Gasteiger partial charge in [0.2, 0.25) is 11.8 Å². The Bertz CT molecular complexity index is 619. The van der Waals surface area contributed by atoms with E-state index in [9.17, 15) is 18.5 Å². The van der Waals surface area contributed by atoms with E-state index in [1.54, 1.807) is 4.90 Å². The lowest BCUT2D eigenvalue weighted by molar-refractivity contribution is -0.384. The van der Waals surface area contributed by atoms with Crippen molar-refractivity contribution in [3.05, 3.63) is 16.3 Å². The summed E-state index contributed by atoms with van der Waals surface area (Å²) < 4.78 is 23.1. The molecule has 0 amide bonds. The lowest BCUT2D eigenvalue weighted by atomic mass is 10.3. The van der Waals surface area contributed by atoms with Crippen LogP contribution in [0, 0.1) is 10.1 Å². The largest absolute Gasteiger partial charge is 0.350 e. The van der Waals surface area contributed by atoms with Crippen molar-refractivity contribution in [3.63, 3.8) is 0 Å². The zero-order chi connectivity index (χ0) is 14.8. The number of nitrogens with two attached hydrogens (primary N) is 1. The third kappa shape index (κ3) is 3.11. The first-order valence-electron chi connectivity index (χ1n) is 5.86. The van der Waals surface area contributed by atoms with E-state index in [2.05, 4.69) is 15.4 Å². The normalized spacial score (nSPS) is 18.4. The summed E-state index contributed by atoms with van der Waals surface area (Å²) in [6.07, 6.45) is 1.45. The van der Waals surface area contributed by atoms with Crippen LogP contribution in [0.15, 0.2) is 6.20 Å². The van der Waals surface area contributed by atoms with Gasteiger partial charge in [-0.2, -0.15) is 4.98 Å². The van der Waals surface area contributed by atoms with E-state index < -0.39 is 14.8 Å². The van der Waals surface area contributed by atoms with Crippen LogP contribution in [0.1, 0.15) is 6.42 Å². The molecule has 1 aliphatic heterocycles. The highest BCUT2D eigenvalue weighted by Crippen LogP contribution is 2.27. The number of nitrogen functional groups attached to an aromatic ring is 1. The van der Waals surface area contributed by atoms with Crippen LogP contribution in [-0.4, -0.2) is 47.9 Å². The van der Waals surface area contributed by atoms with Gasteiger partial charge in [0.05, 0.1) is 16.4 Å². The van der Waals surface area contributed by atoms with Crippen molar-refractivity contribution in [1.82, 2.24) is 9.97 Å². The summed E-state index contributed by atoms with van der Waals surface area (Å²) in [7, 11) is -3.10. The Morgan fingerprint density at radius 1 is 1.40 bits per heavy atom. The van der Waals surface area contributed by atoms with Crippen molar-refractivity contribution in [2.75, 3.05) is 34.9 Å². The Hall–Kier alpha value is -2.01. The maximum absolute atomic E-state index is 11.6. The van der Waals surface area contributed by atoms with Crippen LogP contribution in [-0.2, 0) is 9.84 Å². The van der Waals surface area contributed by atoms with Crippen LogP contribution in [0.3, 0.4) is 0 Å². The Balaban J connectivity index is 2.37. The molecule has 0 unspecified atom stereocenters. The molecule has 0 spiro atoms. The molecule has 0 aliphatic carbocycles. The van der Waals surface area contributed by atoms with Crippen molar-refractivity contribution in [2.24, 2.45) is 5.84 Å². The van der Waals surface area contributed by atoms with Crippen molar-refractivity contribution in [1.29, 1.82) is 0 Å². The van der Waals surface area contributed by atoms with Crippen molar-refractivity contribution >= 4 is 27.3 Å².